The van der Waals surface area contributed by atoms with E-state index in [1.165, 1.54) is 0 Å². The van der Waals surface area contributed by atoms with Crippen LogP contribution in [0, 0.1) is 6.92 Å². The summed E-state index contributed by atoms with van der Waals surface area (Å²) in [5, 5.41) is 4.93. The lowest BCUT2D eigenvalue weighted by atomic mass is 10.3. The molecule has 1 N–H and O–H groups in total. The van der Waals surface area contributed by atoms with E-state index in [4.69, 9.17) is 11.6 Å². The van der Waals surface area contributed by atoms with Crippen molar-refractivity contribution in [2.75, 3.05) is 11.9 Å². The highest BCUT2D eigenvalue weighted by molar-refractivity contribution is 7.99. The summed E-state index contributed by atoms with van der Waals surface area (Å²) in [6.45, 7) is 4.92. The molecule has 5 heteroatoms. The van der Waals surface area contributed by atoms with Gasteiger partial charge in [-0.15, -0.1) is 0 Å². The van der Waals surface area contributed by atoms with Crippen LogP contribution in [0.5, 0.6) is 0 Å². The van der Waals surface area contributed by atoms with Crippen molar-refractivity contribution >= 4 is 29.2 Å². The van der Waals surface area contributed by atoms with E-state index < -0.39 is 0 Å². The number of rotatable bonds is 4. The minimum Gasteiger partial charge on any atom is -0.370 e. The van der Waals surface area contributed by atoms with Crippen molar-refractivity contribution in [2.24, 2.45) is 0 Å². The number of benzene rings is 1. The molecule has 18 heavy (non-hydrogen) atoms. The average Bonchev–Trinajstić information content (AvgIpc) is 2.37. The van der Waals surface area contributed by atoms with Gasteiger partial charge < -0.3 is 5.32 Å². The van der Waals surface area contributed by atoms with Crippen molar-refractivity contribution in [3.63, 3.8) is 0 Å². The first-order valence-electron chi connectivity index (χ1n) is 5.69. The van der Waals surface area contributed by atoms with E-state index in [-0.39, 0.29) is 0 Å². The van der Waals surface area contributed by atoms with Gasteiger partial charge >= 0.3 is 0 Å². The lowest BCUT2D eigenvalue weighted by molar-refractivity contribution is 0.990. The van der Waals surface area contributed by atoms with Gasteiger partial charge in [0.2, 0.25) is 0 Å². The summed E-state index contributed by atoms with van der Waals surface area (Å²) in [6, 6.07) is 7.74. The Balaban J connectivity index is 2.23. The second kappa shape index (κ2) is 6.07. The van der Waals surface area contributed by atoms with Gasteiger partial charge in [0.05, 0.1) is 0 Å². The van der Waals surface area contributed by atoms with E-state index in [0.29, 0.717) is 0 Å². The van der Waals surface area contributed by atoms with Crippen molar-refractivity contribution < 1.29 is 0 Å². The van der Waals surface area contributed by atoms with Gasteiger partial charge in [-0.25, -0.2) is 9.97 Å². The zero-order valence-electron chi connectivity index (χ0n) is 10.3. The number of anilines is 1. The highest BCUT2D eigenvalue weighted by atomic mass is 35.5. The third-order valence-corrected chi connectivity index (χ3v) is 3.78. The summed E-state index contributed by atoms with van der Waals surface area (Å²) in [5.41, 5.74) is 1.07. The molecule has 2 rings (SSSR count). The Morgan fingerprint density at radius 1 is 1.22 bits per heavy atom. The van der Waals surface area contributed by atoms with E-state index in [1.54, 1.807) is 18.1 Å². The fraction of sp³-hybridized carbons (Fsp3) is 0.231. The molecule has 0 saturated heterocycles. The molecular weight excluding hydrogens is 266 g/mol. The van der Waals surface area contributed by atoms with Crippen molar-refractivity contribution in [3.05, 3.63) is 41.2 Å². The Kier molecular flexibility index (Phi) is 4.44. The van der Waals surface area contributed by atoms with Crippen molar-refractivity contribution in [2.45, 2.75) is 23.8 Å². The lowest BCUT2D eigenvalue weighted by Gasteiger charge is -2.09. The number of aromatic nitrogens is 2. The zero-order valence-corrected chi connectivity index (χ0v) is 11.8. The summed E-state index contributed by atoms with van der Waals surface area (Å²) in [4.78, 5) is 9.66. The fourth-order valence-electron chi connectivity index (χ4n) is 1.50. The molecule has 0 amide bonds. The van der Waals surface area contributed by atoms with E-state index in [9.17, 15) is 0 Å². The van der Waals surface area contributed by atoms with Crippen molar-refractivity contribution in [1.29, 1.82) is 0 Å². The molecule has 0 bridgehead atoms. The van der Waals surface area contributed by atoms with Gasteiger partial charge in [-0.05, 0) is 38.1 Å². The van der Waals surface area contributed by atoms with Gasteiger partial charge in [-0.2, -0.15) is 0 Å². The minimum absolute atomic E-state index is 0.743. The zero-order chi connectivity index (χ0) is 13.0. The standard InChI is InChI=1S/C13H14ClN3S/c1-3-15-12-9(2)13(17-8-16-12)18-11-6-4-10(14)5-7-11/h4-8H,3H2,1-2H3,(H,15,16,17). The number of hydrogen-bond acceptors (Lipinski definition) is 4. The molecule has 3 nitrogen and oxygen atoms in total. The molecular formula is C13H14ClN3S. The number of nitrogens with zero attached hydrogens (tertiary/aromatic N) is 2. The molecule has 0 spiro atoms. The van der Waals surface area contributed by atoms with Gasteiger partial charge in [0.25, 0.3) is 0 Å². The molecule has 94 valence electrons. The molecule has 0 radical (unpaired) electrons. The van der Waals surface area contributed by atoms with Gasteiger partial charge in [-0.3, -0.25) is 0 Å². The topological polar surface area (TPSA) is 37.8 Å². The molecule has 0 aliphatic heterocycles. The molecule has 0 atom stereocenters. The second-order valence-corrected chi connectivity index (χ2v) is 5.24. The van der Waals surface area contributed by atoms with Gasteiger partial charge in [0, 0.05) is 22.0 Å². The minimum atomic E-state index is 0.743. The fourth-order valence-corrected chi connectivity index (χ4v) is 2.47. The van der Waals surface area contributed by atoms with Crippen LogP contribution in [-0.2, 0) is 0 Å². The maximum atomic E-state index is 5.87. The predicted octanol–water partition coefficient (Wildman–Crippen LogP) is 4.02. The van der Waals surface area contributed by atoms with Crippen LogP contribution in [0.3, 0.4) is 0 Å². The first-order chi connectivity index (χ1) is 8.70. The third kappa shape index (κ3) is 3.15. The quantitative estimate of drug-likeness (QED) is 0.858. The van der Waals surface area contributed by atoms with E-state index in [0.717, 1.165) is 32.9 Å². The first kappa shape index (κ1) is 13.2. The van der Waals surface area contributed by atoms with Gasteiger partial charge in [0.15, 0.2) is 0 Å². The second-order valence-electron chi connectivity index (χ2n) is 3.74. The lowest BCUT2D eigenvalue weighted by Crippen LogP contribution is -2.03. The molecule has 1 aromatic carbocycles. The molecule has 0 aliphatic carbocycles. The highest BCUT2D eigenvalue weighted by Gasteiger charge is 2.07. The summed E-state index contributed by atoms with van der Waals surface area (Å²) in [6.07, 6.45) is 1.59. The van der Waals surface area contributed by atoms with Crippen LogP contribution in [0.1, 0.15) is 12.5 Å². The predicted molar refractivity (Wildman–Crippen MR) is 76.5 cm³/mol. The number of halogens is 1. The van der Waals surface area contributed by atoms with Crippen LogP contribution in [0.25, 0.3) is 0 Å². The molecule has 1 aromatic heterocycles. The molecule has 0 aliphatic rings. The molecule has 0 unspecified atom stereocenters. The molecule has 2 aromatic rings. The Morgan fingerprint density at radius 3 is 2.61 bits per heavy atom. The highest BCUT2D eigenvalue weighted by Crippen LogP contribution is 2.31. The monoisotopic (exact) mass is 279 g/mol. The molecule has 0 fully saturated rings. The van der Waals surface area contributed by atoms with Gasteiger partial charge in [-0.1, -0.05) is 23.4 Å². The summed E-state index contributed by atoms with van der Waals surface area (Å²) in [7, 11) is 0. The van der Waals surface area contributed by atoms with Crippen molar-refractivity contribution in [1.82, 2.24) is 9.97 Å². The molecule has 1 heterocycles. The largest absolute Gasteiger partial charge is 0.370 e. The van der Waals surface area contributed by atoms with Crippen LogP contribution >= 0.6 is 23.4 Å². The Hall–Kier alpha value is -1.26. The van der Waals surface area contributed by atoms with E-state index >= 15 is 0 Å². The smallest absolute Gasteiger partial charge is 0.133 e. The first-order valence-corrected chi connectivity index (χ1v) is 6.89. The summed E-state index contributed by atoms with van der Waals surface area (Å²) >= 11 is 7.48. The molecule has 0 saturated carbocycles. The van der Waals surface area contributed by atoms with Crippen LogP contribution in [0.15, 0.2) is 40.5 Å². The number of nitrogens with one attached hydrogen (secondary N) is 1. The van der Waals surface area contributed by atoms with Crippen LogP contribution in [0.4, 0.5) is 5.82 Å². The van der Waals surface area contributed by atoms with Gasteiger partial charge in [0.1, 0.15) is 17.2 Å². The van der Waals surface area contributed by atoms with E-state index in [1.807, 2.05) is 38.1 Å². The van der Waals surface area contributed by atoms with E-state index in [2.05, 4.69) is 15.3 Å². The Morgan fingerprint density at radius 2 is 1.94 bits per heavy atom. The SMILES string of the molecule is CCNc1ncnc(Sc2ccc(Cl)cc2)c1C. The normalized spacial score (nSPS) is 10.4. The Labute approximate surface area is 116 Å². The van der Waals surface area contributed by atoms with Crippen LogP contribution in [0.2, 0.25) is 5.02 Å². The van der Waals surface area contributed by atoms with Crippen molar-refractivity contribution in [3.8, 4) is 0 Å². The Bertz CT molecular complexity index is 528. The summed E-state index contributed by atoms with van der Waals surface area (Å²) < 4.78 is 0. The number of hydrogen-bond donors (Lipinski definition) is 1. The maximum Gasteiger partial charge on any atom is 0.133 e. The summed E-state index contributed by atoms with van der Waals surface area (Å²) in [5.74, 6) is 0.893. The maximum absolute atomic E-state index is 5.87. The van der Waals surface area contributed by atoms with Crippen LogP contribution in [-0.4, -0.2) is 16.5 Å². The average molecular weight is 280 g/mol. The van der Waals surface area contributed by atoms with Crippen LogP contribution < -0.4 is 5.32 Å². The third-order valence-electron chi connectivity index (χ3n) is 2.41.